The minimum absolute atomic E-state index is 0.290. The SMILES string of the molecule is COc1cc(Nc2nc(=S)[nH]nc2C)c(OC)cc1Cl. The van der Waals surface area contributed by atoms with Crippen molar-refractivity contribution in [3.05, 3.63) is 27.6 Å². The van der Waals surface area contributed by atoms with E-state index in [9.17, 15) is 0 Å². The van der Waals surface area contributed by atoms with E-state index in [1.807, 2.05) is 0 Å². The number of aromatic nitrogens is 3. The van der Waals surface area contributed by atoms with Crippen LogP contribution < -0.4 is 14.8 Å². The molecule has 106 valence electrons. The third kappa shape index (κ3) is 3.00. The molecule has 8 heteroatoms. The number of ether oxygens (including phenoxy) is 2. The number of methoxy groups -OCH3 is 2. The number of rotatable bonds is 4. The lowest BCUT2D eigenvalue weighted by Crippen LogP contribution is -2.03. The van der Waals surface area contributed by atoms with Crippen LogP contribution in [0.25, 0.3) is 0 Å². The first-order chi connectivity index (χ1) is 9.55. The van der Waals surface area contributed by atoms with E-state index in [0.717, 1.165) is 0 Å². The first-order valence-electron chi connectivity index (χ1n) is 5.67. The lowest BCUT2D eigenvalue weighted by molar-refractivity contribution is 0.405. The Bertz CT molecular complexity index is 690. The highest BCUT2D eigenvalue weighted by molar-refractivity contribution is 7.71. The third-order valence-electron chi connectivity index (χ3n) is 2.60. The number of halogens is 1. The molecular formula is C12H13ClN4O2S. The van der Waals surface area contributed by atoms with Gasteiger partial charge in [-0.1, -0.05) is 11.6 Å². The number of H-pyrrole nitrogens is 1. The molecule has 0 atom stereocenters. The maximum absolute atomic E-state index is 6.06. The summed E-state index contributed by atoms with van der Waals surface area (Å²) in [5.41, 5.74) is 1.33. The minimum atomic E-state index is 0.290. The Labute approximate surface area is 126 Å². The predicted molar refractivity (Wildman–Crippen MR) is 79.8 cm³/mol. The predicted octanol–water partition coefficient (Wildman–Crippen LogP) is 3.26. The van der Waals surface area contributed by atoms with Gasteiger partial charge in [0.15, 0.2) is 5.82 Å². The Kier molecular flexibility index (Phi) is 4.41. The first-order valence-corrected chi connectivity index (χ1v) is 6.45. The van der Waals surface area contributed by atoms with Crippen molar-refractivity contribution in [2.45, 2.75) is 6.92 Å². The topological polar surface area (TPSA) is 72.1 Å². The molecule has 1 heterocycles. The van der Waals surface area contributed by atoms with E-state index in [0.29, 0.717) is 33.7 Å². The molecule has 1 aromatic carbocycles. The Morgan fingerprint density at radius 2 is 1.95 bits per heavy atom. The normalized spacial score (nSPS) is 10.2. The monoisotopic (exact) mass is 312 g/mol. The Morgan fingerprint density at radius 3 is 2.60 bits per heavy atom. The van der Waals surface area contributed by atoms with Gasteiger partial charge in [-0.3, -0.25) is 5.10 Å². The average molecular weight is 313 g/mol. The molecule has 1 aromatic heterocycles. The van der Waals surface area contributed by atoms with E-state index in [1.54, 1.807) is 33.3 Å². The van der Waals surface area contributed by atoms with Crippen molar-refractivity contribution in [2.24, 2.45) is 0 Å². The number of aromatic amines is 1. The van der Waals surface area contributed by atoms with Crippen molar-refractivity contribution >= 4 is 35.3 Å². The zero-order chi connectivity index (χ0) is 14.7. The van der Waals surface area contributed by atoms with Crippen LogP contribution >= 0.6 is 23.8 Å². The van der Waals surface area contributed by atoms with Crippen LogP contribution in [0.4, 0.5) is 11.5 Å². The lowest BCUT2D eigenvalue weighted by Gasteiger charge is -2.14. The van der Waals surface area contributed by atoms with E-state index in [2.05, 4.69) is 20.5 Å². The Morgan fingerprint density at radius 1 is 1.25 bits per heavy atom. The molecule has 2 aromatic rings. The Hall–Kier alpha value is -1.86. The van der Waals surface area contributed by atoms with Crippen molar-refractivity contribution < 1.29 is 9.47 Å². The van der Waals surface area contributed by atoms with E-state index in [1.165, 1.54) is 0 Å². The molecule has 0 spiro atoms. The number of hydrogen-bond donors (Lipinski definition) is 2. The van der Waals surface area contributed by atoms with Gasteiger partial charge in [-0.15, -0.1) is 0 Å². The van der Waals surface area contributed by atoms with Crippen LogP contribution in [-0.2, 0) is 0 Å². The van der Waals surface area contributed by atoms with Crippen LogP contribution in [0.3, 0.4) is 0 Å². The first kappa shape index (κ1) is 14.5. The molecule has 0 saturated carbocycles. The highest BCUT2D eigenvalue weighted by Gasteiger charge is 2.12. The molecule has 0 unspecified atom stereocenters. The van der Waals surface area contributed by atoms with Gasteiger partial charge in [-0.25, -0.2) is 0 Å². The molecule has 0 bridgehead atoms. The van der Waals surface area contributed by atoms with Crippen molar-refractivity contribution in [1.82, 2.24) is 15.2 Å². The molecule has 0 aliphatic carbocycles. The molecule has 20 heavy (non-hydrogen) atoms. The molecule has 0 saturated heterocycles. The summed E-state index contributed by atoms with van der Waals surface area (Å²) in [6, 6.07) is 3.39. The second-order valence-electron chi connectivity index (χ2n) is 3.89. The van der Waals surface area contributed by atoms with Crippen LogP contribution in [0, 0.1) is 11.7 Å². The molecule has 0 aliphatic heterocycles. The number of hydrogen-bond acceptors (Lipinski definition) is 6. The van der Waals surface area contributed by atoms with Gasteiger partial charge in [0.05, 0.1) is 24.9 Å². The maximum Gasteiger partial charge on any atom is 0.215 e. The molecule has 0 fully saturated rings. The number of aryl methyl sites for hydroxylation is 1. The molecular weight excluding hydrogens is 300 g/mol. The summed E-state index contributed by atoms with van der Waals surface area (Å²) in [5, 5.41) is 10.2. The van der Waals surface area contributed by atoms with Crippen LogP contribution in [0.15, 0.2) is 12.1 Å². The molecule has 2 N–H and O–H groups in total. The quantitative estimate of drug-likeness (QED) is 0.844. The zero-order valence-electron chi connectivity index (χ0n) is 11.2. The summed E-state index contributed by atoms with van der Waals surface area (Å²) in [7, 11) is 3.10. The second kappa shape index (κ2) is 6.06. The largest absolute Gasteiger partial charge is 0.495 e. The fraction of sp³-hybridized carbons (Fsp3) is 0.250. The number of nitrogens with one attached hydrogen (secondary N) is 2. The van der Waals surface area contributed by atoms with Gasteiger partial charge < -0.3 is 14.8 Å². The van der Waals surface area contributed by atoms with E-state index < -0.39 is 0 Å². The molecule has 0 amide bonds. The van der Waals surface area contributed by atoms with Gasteiger partial charge >= 0.3 is 0 Å². The van der Waals surface area contributed by atoms with E-state index >= 15 is 0 Å². The van der Waals surface area contributed by atoms with Crippen molar-refractivity contribution in [2.75, 3.05) is 19.5 Å². The van der Waals surface area contributed by atoms with E-state index in [4.69, 9.17) is 33.3 Å². The summed E-state index contributed by atoms with van der Waals surface area (Å²) in [5.74, 6) is 1.63. The van der Waals surface area contributed by atoms with Gasteiger partial charge in [0.1, 0.15) is 17.2 Å². The highest BCUT2D eigenvalue weighted by atomic mass is 35.5. The minimum Gasteiger partial charge on any atom is -0.495 e. The summed E-state index contributed by atoms with van der Waals surface area (Å²) >= 11 is 11.0. The molecule has 0 aliphatic rings. The summed E-state index contributed by atoms with van der Waals surface area (Å²) < 4.78 is 10.8. The van der Waals surface area contributed by atoms with E-state index in [-0.39, 0.29) is 4.77 Å². The third-order valence-corrected chi connectivity index (χ3v) is 3.08. The van der Waals surface area contributed by atoms with Crippen molar-refractivity contribution in [1.29, 1.82) is 0 Å². The van der Waals surface area contributed by atoms with Gasteiger partial charge in [0, 0.05) is 12.1 Å². The fourth-order valence-electron chi connectivity index (χ4n) is 1.60. The van der Waals surface area contributed by atoms with Crippen molar-refractivity contribution in [3.63, 3.8) is 0 Å². The van der Waals surface area contributed by atoms with Gasteiger partial charge in [-0.2, -0.15) is 10.1 Å². The fourth-order valence-corrected chi connectivity index (χ4v) is 1.96. The number of benzene rings is 1. The van der Waals surface area contributed by atoms with Crippen LogP contribution in [0.5, 0.6) is 11.5 Å². The molecule has 6 nitrogen and oxygen atoms in total. The second-order valence-corrected chi connectivity index (χ2v) is 4.68. The summed E-state index contributed by atoms with van der Waals surface area (Å²) in [6.45, 7) is 1.81. The highest BCUT2D eigenvalue weighted by Crippen LogP contribution is 2.37. The summed E-state index contributed by atoms with van der Waals surface area (Å²) in [4.78, 5) is 4.18. The van der Waals surface area contributed by atoms with Gasteiger partial charge in [0.25, 0.3) is 0 Å². The number of anilines is 2. The smallest absolute Gasteiger partial charge is 0.215 e. The number of nitrogens with zero attached hydrogens (tertiary/aromatic N) is 2. The lowest BCUT2D eigenvalue weighted by atomic mass is 10.2. The zero-order valence-corrected chi connectivity index (χ0v) is 12.7. The Balaban J connectivity index is 2.46. The van der Waals surface area contributed by atoms with Crippen LogP contribution in [0.1, 0.15) is 5.69 Å². The molecule has 2 rings (SSSR count). The summed E-state index contributed by atoms with van der Waals surface area (Å²) in [6.07, 6.45) is 0. The van der Waals surface area contributed by atoms with Gasteiger partial charge in [0.2, 0.25) is 4.77 Å². The van der Waals surface area contributed by atoms with Crippen LogP contribution in [-0.4, -0.2) is 29.4 Å². The van der Waals surface area contributed by atoms with Crippen molar-refractivity contribution in [3.8, 4) is 11.5 Å². The molecule has 0 radical (unpaired) electrons. The standard InChI is InChI=1S/C12H13ClN4O2S/c1-6-11(15-12(20)17-16-6)14-8-5-9(18-2)7(13)4-10(8)19-3/h4-5H,1-3H3,(H2,14,15,17,20). The van der Waals surface area contributed by atoms with Gasteiger partial charge in [-0.05, 0) is 19.1 Å². The maximum atomic E-state index is 6.06. The average Bonchev–Trinajstić information content (AvgIpc) is 2.44. The van der Waals surface area contributed by atoms with Crippen LogP contribution in [0.2, 0.25) is 5.02 Å².